The summed E-state index contributed by atoms with van der Waals surface area (Å²) < 4.78 is 6.09. The van der Waals surface area contributed by atoms with E-state index in [4.69, 9.17) is 4.74 Å². The van der Waals surface area contributed by atoms with Crippen LogP contribution in [0.2, 0.25) is 0 Å². The Morgan fingerprint density at radius 3 is 2.55 bits per heavy atom. The van der Waals surface area contributed by atoms with Crippen LogP contribution in [0.4, 0.5) is 0 Å². The van der Waals surface area contributed by atoms with Crippen molar-refractivity contribution in [3.8, 4) is 0 Å². The van der Waals surface area contributed by atoms with E-state index in [1.165, 1.54) is 58.2 Å². The summed E-state index contributed by atoms with van der Waals surface area (Å²) in [6, 6.07) is 0.682. The molecule has 1 heterocycles. The first-order valence-electron chi connectivity index (χ1n) is 8.82. The zero-order valence-electron chi connectivity index (χ0n) is 13.8. The van der Waals surface area contributed by atoms with Crippen LogP contribution < -0.4 is 5.32 Å². The van der Waals surface area contributed by atoms with E-state index in [2.05, 4.69) is 31.0 Å². The molecule has 1 aliphatic carbocycles. The summed E-state index contributed by atoms with van der Waals surface area (Å²) in [6.07, 6.45) is 7.81. The minimum atomic E-state index is 0.284. The maximum absolute atomic E-state index is 6.09. The maximum atomic E-state index is 6.09. The monoisotopic (exact) mass is 282 g/mol. The SMILES string of the molecule is CCNC(CCN(CC)CC)C1CCOC2(CCC2)C1. The molecule has 1 saturated heterocycles. The van der Waals surface area contributed by atoms with Gasteiger partial charge in [-0.2, -0.15) is 0 Å². The number of hydrogen-bond acceptors (Lipinski definition) is 3. The number of hydrogen-bond donors (Lipinski definition) is 1. The van der Waals surface area contributed by atoms with Crippen molar-refractivity contribution in [1.82, 2.24) is 10.2 Å². The molecular weight excluding hydrogens is 248 g/mol. The van der Waals surface area contributed by atoms with Gasteiger partial charge in [0.05, 0.1) is 5.60 Å². The van der Waals surface area contributed by atoms with Gasteiger partial charge in [0.2, 0.25) is 0 Å². The molecule has 1 aliphatic heterocycles. The largest absolute Gasteiger partial charge is 0.375 e. The molecule has 20 heavy (non-hydrogen) atoms. The van der Waals surface area contributed by atoms with Crippen LogP contribution in [0.25, 0.3) is 0 Å². The molecule has 1 spiro atoms. The molecular formula is C17H34N2O. The van der Waals surface area contributed by atoms with Gasteiger partial charge in [-0.1, -0.05) is 20.8 Å². The van der Waals surface area contributed by atoms with Crippen molar-refractivity contribution in [2.75, 3.05) is 32.8 Å². The molecule has 2 fully saturated rings. The smallest absolute Gasteiger partial charge is 0.0685 e. The summed E-state index contributed by atoms with van der Waals surface area (Å²) >= 11 is 0. The molecule has 1 N–H and O–H groups in total. The predicted molar refractivity (Wildman–Crippen MR) is 85.1 cm³/mol. The van der Waals surface area contributed by atoms with Gasteiger partial charge < -0.3 is 15.0 Å². The third-order valence-electron chi connectivity index (χ3n) is 5.48. The Morgan fingerprint density at radius 2 is 2.00 bits per heavy atom. The number of rotatable bonds is 8. The van der Waals surface area contributed by atoms with Crippen LogP contribution in [-0.2, 0) is 4.74 Å². The molecule has 3 heteroatoms. The predicted octanol–water partition coefficient (Wildman–Crippen LogP) is 3.05. The summed E-state index contributed by atoms with van der Waals surface area (Å²) in [5.74, 6) is 0.819. The fourth-order valence-electron chi connectivity index (χ4n) is 3.96. The van der Waals surface area contributed by atoms with Crippen LogP contribution in [0.5, 0.6) is 0 Å². The van der Waals surface area contributed by atoms with Crippen LogP contribution in [0, 0.1) is 5.92 Å². The second kappa shape index (κ2) is 7.77. The standard InChI is InChI=1S/C17H34N2O/c1-4-18-16(8-12-19(5-2)6-3)15-9-13-20-17(14-15)10-7-11-17/h15-16,18H,4-14H2,1-3H3. The highest BCUT2D eigenvalue weighted by molar-refractivity contribution is 4.96. The maximum Gasteiger partial charge on any atom is 0.0685 e. The Morgan fingerprint density at radius 1 is 1.25 bits per heavy atom. The third kappa shape index (κ3) is 3.96. The number of ether oxygens (including phenoxy) is 1. The van der Waals surface area contributed by atoms with Crippen molar-refractivity contribution < 1.29 is 4.74 Å². The Bertz CT molecular complexity index is 274. The van der Waals surface area contributed by atoms with E-state index < -0.39 is 0 Å². The molecule has 0 aromatic rings. The highest BCUT2D eigenvalue weighted by atomic mass is 16.5. The van der Waals surface area contributed by atoms with Crippen LogP contribution in [0.3, 0.4) is 0 Å². The van der Waals surface area contributed by atoms with Crippen molar-refractivity contribution in [2.24, 2.45) is 5.92 Å². The second-order valence-electron chi connectivity index (χ2n) is 6.62. The molecule has 2 aliphatic rings. The first-order valence-corrected chi connectivity index (χ1v) is 8.82. The summed E-state index contributed by atoms with van der Waals surface area (Å²) in [6.45, 7) is 12.4. The fraction of sp³-hybridized carbons (Fsp3) is 1.00. The van der Waals surface area contributed by atoms with Crippen molar-refractivity contribution in [3.05, 3.63) is 0 Å². The highest BCUT2D eigenvalue weighted by Crippen LogP contribution is 2.45. The molecule has 2 rings (SSSR count). The Labute approximate surface area is 125 Å². The van der Waals surface area contributed by atoms with Crippen molar-refractivity contribution >= 4 is 0 Å². The van der Waals surface area contributed by atoms with Crippen LogP contribution in [0.1, 0.15) is 59.3 Å². The van der Waals surface area contributed by atoms with Gasteiger partial charge in [-0.15, -0.1) is 0 Å². The molecule has 0 aromatic heterocycles. The Hall–Kier alpha value is -0.120. The topological polar surface area (TPSA) is 24.5 Å². The van der Waals surface area contributed by atoms with E-state index in [9.17, 15) is 0 Å². The van der Waals surface area contributed by atoms with E-state index in [0.717, 1.165) is 19.1 Å². The average Bonchev–Trinajstić information content (AvgIpc) is 2.45. The zero-order chi connectivity index (χ0) is 14.4. The molecule has 2 unspecified atom stereocenters. The number of nitrogens with one attached hydrogen (secondary N) is 1. The molecule has 0 aromatic carbocycles. The van der Waals surface area contributed by atoms with Crippen LogP contribution in [-0.4, -0.2) is 49.3 Å². The van der Waals surface area contributed by atoms with E-state index in [0.29, 0.717) is 6.04 Å². The van der Waals surface area contributed by atoms with E-state index >= 15 is 0 Å². The fourth-order valence-corrected chi connectivity index (χ4v) is 3.96. The normalized spacial score (nSPS) is 26.7. The van der Waals surface area contributed by atoms with Gasteiger partial charge in [-0.05, 0) is 70.6 Å². The third-order valence-corrected chi connectivity index (χ3v) is 5.48. The first kappa shape index (κ1) is 16.3. The van der Waals surface area contributed by atoms with Crippen molar-refractivity contribution in [3.63, 3.8) is 0 Å². The molecule has 0 radical (unpaired) electrons. The molecule has 3 nitrogen and oxygen atoms in total. The molecule has 0 bridgehead atoms. The van der Waals surface area contributed by atoms with E-state index in [1.807, 2.05) is 0 Å². The summed E-state index contributed by atoms with van der Waals surface area (Å²) in [4.78, 5) is 2.54. The van der Waals surface area contributed by atoms with Crippen LogP contribution >= 0.6 is 0 Å². The summed E-state index contributed by atoms with van der Waals surface area (Å²) in [7, 11) is 0. The Kier molecular flexibility index (Phi) is 6.31. The minimum Gasteiger partial charge on any atom is -0.375 e. The quantitative estimate of drug-likeness (QED) is 0.740. The lowest BCUT2D eigenvalue weighted by Crippen LogP contribution is -2.50. The van der Waals surface area contributed by atoms with Gasteiger partial charge in [-0.3, -0.25) is 0 Å². The van der Waals surface area contributed by atoms with Gasteiger partial charge in [0.15, 0.2) is 0 Å². The lowest BCUT2D eigenvalue weighted by Gasteiger charge is -2.49. The highest BCUT2D eigenvalue weighted by Gasteiger charge is 2.44. The van der Waals surface area contributed by atoms with Crippen molar-refractivity contribution in [2.45, 2.75) is 70.9 Å². The van der Waals surface area contributed by atoms with E-state index in [1.54, 1.807) is 0 Å². The van der Waals surface area contributed by atoms with Gasteiger partial charge >= 0.3 is 0 Å². The molecule has 0 amide bonds. The summed E-state index contributed by atoms with van der Waals surface area (Å²) in [5, 5.41) is 3.76. The van der Waals surface area contributed by atoms with Gasteiger partial charge in [0.1, 0.15) is 0 Å². The Balaban J connectivity index is 1.86. The molecule has 1 saturated carbocycles. The summed E-state index contributed by atoms with van der Waals surface area (Å²) in [5.41, 5.74) is 0.284. The number of nitrogens with zero attached hydrogens (tertiary/aromatic N) is 1. The van der Waals surface area contributed by atoms with Gasteiger partial charge in [-0.25, -0.2) is 0 Å². The van der Waals surface area contributed by atoms with Crippen molar-refractivity contribution in [1.29, 1.82) is 0 Å². The molecule has 118 valence electrons. The average molecular weight is 282 g/mol. The minimum absolute atomic E-state index is 0.284. The van der Waals surface area contributed by atoms with Gasteiger partial charge in [0, 0.05) is 12.6 Å². The molecule has 2 atom stereocenters. The van der Waals surface area contributed by atoms with Gasteiger partial charge in [0.25, 0.3) is 0 Å². The lowest BCUT2D eigenvalue weighted by atomic mass is 9.70. The van der Waals surface area contributed by atoms with Crippen LogP contribution in [0.15, 0.2) is 0 Å². The zero-order valence-corrected chi connectivity index (χ0v) is 13.8. The lowest BCUT2D eigenvalue weighted by molar-refractivity contribution is -0.147. The second-order valence-corrected chi connectivity index (χ2v) is 6.62. The van der Waals surface area contributed by atoms with E-state index in [-0.39, 0.29) is 5.60 Å². The first-order chi connectivity index (χ1) is 9.73.